The average molecular weight is 596 g/mol. The van der Waals surface area contributed by atoms with E-state index < -0.39 is 108 Å². The number of phenols is 3. The number of phenolic OH excluding ortho intramolecular Hbond substituents is 3. The summed E-state index contributed by atoms with van der Waals surface area (Å²) in [6, 6.07) is 6.36. The molecule has 8 atom stereocenters. The Morgan fingerprint density at radius 3 is 2.19 bits per heavy atom. The average Bonchev–Trinajstić information content (AvgIpc) is 2.97. The monoisotopic (exact) mass is 596 g/mol. The Morgan fingerprint density at radius 2 is 1.52 bits per heavy atom. The lowest BCUT2D eigenvalue weighted by atomic mass is 9.97. The first-order valence-corrected chi connectivity index (χ1v) is 12.5. The molecule has 3 aromatic rings. The third-order valence-electron chi connectivity index (χ3n) is 7.04. The Kier molecular flexibility index (Phi) is 7.92. The van der Waals surface area contributed by atoms with E-state index >= 15 is 0 Å². The summed E-state index contributed by atoms with van der Waals surface area (Å²) in [4.78, 5) is 13.3. The molecule has 0 saturated carbocycles. The van der Waals surface area contributed by atoms with Gasteiger partial charge in [0.25, 0.3) is 5.79 Å². The number of hydrogen-bond donors (Lipinski definition) is 10. The van der Waals surface area contributed by atoms with Crippen molar-refractivity contribution in [2.24, 2.45) is 0 Å². The maximum Gasteiger partial charge on any atom is 0.263 e. The summed E-state index contributed by atoms with van der Waals surface area (Å²) < 4.78 is 27.4. The van der Waals surface area contributed by atoms with Gasteiger partial charge in [0.1, 0.15) is 60.1 Å². The van der Waals surface area contributed by atoms with E-state index in [1.807, 2.05) is 0 Å². The molecule has 10 N–H and O–H groups in total. The maximum atomic E-state index is 13.3. The smallest absolute Gasteiger partial charge is 0.263 e. The van der Waals surface area contributed by atoms with Crippen molar-refractivity contribution in [3.8, 4) is 40.1 Å². The molecule has 0 spiro atoms. The van der Waals surface area contributed by atoms with Crippen LogP contribution in [0.5, 0.6) is 28.7 Å². The number of aliphatic hydroxyl groups is 7. The fourth-order valence-electron chi connectivity index (χ4n) is 4.60. The lowest BCUT2D eigenvalue weighted by molar-refractivity contribution is -0.319. The third kappa shape index (κ3) is 4.98. The molecule has 5 rings (SSSR count). The van der Waals surface area contributed by atoms with Crippen LogP contribution in [0.3, 0.4) is 0 Å². The lowest BCUT2D eigenvalue weighted by Gasteiger charge is -2.43. The lowest BCUT2D eigenvalue weighted by Crippen LogP contribution is -2.65. The van der Waals surface area contributed by atoms with Gasteiger partial charge in [-0.3, -0.25) is 4.79 Å². The van der Waals surface area contributed by atoms with Gasteiger partial charge in [-0.05, 0) is 24.3 Å². The van der Waals surface area contributed by atoms with Gasteiger partial charge >= 0.3 is 0 Å². The van der Waals surface area contributed by atoms with Crippen molar-refractivity contribution in [1.82, 2.24) is 0 Å². The van der Waals surface area contributed by atoms with Crippen molar-refractivity contribution in [2.75, 3.05) is 19.8 Å². The number of benzene rings is 2. The summed E-state index contributed by atoms with van der Waals surface area (Å²) in [5.41, 5.74) is -1.26. The van der Waals surface area contributed by atoms with E-state index in [1.165, 1.54) is 24.3 Å². The molecule has 2 aliphatic rings. The summed E-state index contributed by atoms with van der Waals surface area (Å²) in [6.07, 6.45) is -12.5. The first-order valence-electron chi connectivity index (χ1n) is 12.5. The molecule has 42 heavy (non-hydrogen) atoms. The van der Waals surface area contributed by atoms with Crippen molar-refractivity contribution in [3.63, 3.8) is 0 Å². The number of aromatic hydroxyl groups is 3. The van der Waals surface area contributed by atoms with Gasteiger partial charge in [-0.15, -0.1) is 0 Å². The van der Waals surface area contributed by atoms with Crippen molar-refractivity contribution in [1.29, 1.82) is 0 Å². The Labute approximate surface area is 235 Å². The van der Waals surface area contributed by atoms with E-state index in [1.54, 1.807) is 0 Å². The number of ether oxygens (including phenoxy) is 4. The van der Waals surface area contributed by atoms with Gasteiger partial charge in [-0.2, -0.15) is 0 Å². The normalized spacial score (nSPS) is 31.6. The number of hydrogen-bond acceptors (Lipinski definition) is 16. The zero-order valence-electron chi connectivity index (χ0n) is 21.5. The van der Waals surface area contributed by atoms with Crippen LogP contribution in [0.4, 0.5) is 0 Å². The predicted molar refractivity (Wildman–Crippen MR) is 136 cm³/mol. The number of rotatable bonds is 6. The van der Waals surface area contributed by atoms with E-state index in [4.69, 9.17) is 23.4 Å². The molecule has 228 valence electrons. The molecule has 2 saturated heterocycles. The zero-order valence-corrected chi connectivity index (χ0v) is 21.5. The second kappa shape index (κ2) is 11.2. The molecular formula is C26H28O16. The Hall–Kier alpha value is -3.71. The summed E-state index contributed by atoms with van der Waals surface area (Å²) in [5, 5.41) is 102. The van der Waals surface area contributed by atoms with Crippen LogP contribution in [0.15, 0.2) is 39.5 Å². The van der Waals surface area contributed by atoms with Gasteiger partial charge in [0.05, 0.1) is 13.2 Å². The number of fused-ring (bicyclic) bond motifs is 1. The summed E-state index contributed by atoms with van der Waals surface area (Å²) in [6.45, 7) is -2.36. The van der Waals surface area contributed by atoms with Gasteiger partial charge in [0.2, 0.25) is 23.5 Å². The second-order valence-corrected chi connectivity index (χ2v) is 9.84. The van der Waals surface area contributed by atoms with Gasteiger partial charge in [-0.1, -0.05) is 0 Å². The van der Waals surface area contributed by atoms with E-state index in [0.29, 0.717) is 0 Å². The Bertz CT molecular complexity index is 1510. The summed E-state index contributed by atoms with van der Waals surface area (Å²) >= 11 is 0. The Morgan fingerprint density at radius 1 is 0.857 bits per heavy atom. The first kappa shape index (κ1) is 29.8. The van der Waals surface area contributed by atoms with E-state index in [2.05, 4.69) is 0 Å². The first-order chi connectivity index (χ1) is 19.9. The molecule has 0 aliphatic carbocycles. The molecule has 0 amide bonds. The van der Waals surface area contributed by atoms with Crippen molar-refractivity contribution in [2.45, 2.75) is 48.7 Å². The molecule has 2 aromatic carbocycles. The van der Waals surface area contributed by atoms with Crippen LogP contribution in [-0.4, -0.2) is 120 Å². The molecule has 2 fully saturated rings. The van der Waals surface area contributed by atoms with Crippen LogP contribution in [-0.2, 0) is 9.47 Å². The van der Waals surface area contributed by atoms with Crippen molar-refractivity contribution >= 4 is 11.0 Å². The van der Waals surface area contributed by atoms with Crippen LogP contribution < -0.4 is 14.9 Å². The quantitative estimate of drug-likeness (QED) is 0.142. The van der Waals surface area contributed by atoms with E-state index in [9.17, 15) is 55.9 Å². The Balaban J connectivity index is 1.70. The highest BCUT2D eigenvalue weighted by atomic mass is 16.7. The van der Waals surface area contributed by atoms with Crippen LogP contribution in [0.1, 0.15) is 0 Å². The zero-order chi connectivity index (χ0) is 30.5. The van der Waals surface area contributed by atoms with Crippen molar-refractivity contribution < 1.29 is 74.4 Å². The largest absolute Gasteiger partial charge is 0.508 e. The second-order valence-electron chi connectivity index (χ2n) is 9.84. The molecule has 16 nitrogen and oxygen atoms in total. The molecule has 16 heteroatoms. The van der Waals surface area contributed by atoms with Crippen LogP contribution >= 0.6 is 0 Å². The molecule has 3 heterocycles. The highest BCUT2D eigenvalue weighted by molar-refractivity contribution is 5.95. The van der Waals surface area contributed by atoms with Crippen LogP contribution in [0.25, 0.3) is 22.3 Å². The van der Waals surface area contributed by atoms with Crippen LogP contribution in [0, 0.1) is 0 Å². The van der Waals surface area contributed by atoms with E-state index in [0.717, 1.165) is 6.07 Å². The fraction of sp³-hybridized carbons (Fsp3) is 0.423. The highest BCUT2D eigenvalue weighted by Gasteiger charge is 2.53. The molecule has 0 radical (unpaired) electrons. The summed E-state index contributed by atoms with van der Waals surface area (Å²) in [5.74, 6) is -6.80. The van der Waals surface area contributed by atoms with Gasteiger partial charge in [-0.25, -0.2) is 0 Å². The topological polar surface area (TPSA) is 269 Å². The molecule has 1 aromatic heterocycles. The SMILES string of the molecule is O=c1cc(-c2ccc(O)cc2)oc2c(O[C@H]3OC[C@@H](O)[C@@H](O)[C@@H]3O)c(O)c(O[C@]3(CO)OC[C@@H](O)[C@@H](O)[C@@H]3O)c(O)c12. The fourth-order valence-corrected chi connectivity index (χ4v) is 4.60. The van der Waals surface area contributed by atoms with Crippen LogP contribution in [0.2, 0.25) is 0 Å². The standard InChI is InChI=1S/C26H28O16/c27-8-26(24(37)17(33)13(31)7-39-26)42-22-18(34)15-11(29)5-14(9-1-3-10(28)4-2-9)40-21(15)23(20(22)36)41-25-19(35)16(32)12(30)6-38-25/h1-5,12-13,16-17,19,24-25,27-28,30-37H,6-8H2/t12-,13-,16-,17-,19+,24+,25-,26+/m1/s1. The minimum atomic E-state index is -2.58. The molecule has 2 aliphatic heterocycles. The molecular weight excluding hydrogens is 568 g/mol. The molecule has 0 unspecified atom stereocenters. The van der Waals surface area contributed by atoms with E-state index in [-0.39, 0.29) is 17.1 Å². The van der Waals surface area contributed by atoms with Gasteiger partial charge < -0.3 is 74.4 Å². The minimum Gasteiger partial charge on any atom is -0.508 e. The highest BCUT2D eigenvalue weighted by Crippen LogP contribution is 2.52. The molecule has 0 bridgehead atoms. The summed E-state index contributed by atoms with van der Waals surface area (Å²) in [7, 11) is 0. The number of aliphatic hydroxyl groups excluding tert-OH is 7. The minimum absolute atomic E-state index is 0.0882. The van der Waals surface area contributed by atoms with Crippen molar-refractivity contribution in [3.05, 3.63) is 40.6 Å². The third-order valence-corrected chi connectivity index (χ3v) is 7.04. The van der Waals surface area contributed by atoms with Gasteiger partial charge in [0, 0.05) is 11.6 Å². The maximum absolute atomic E-state index is 13.3. The predicted octanol–water partition coefficient (Wildman–Crippen LogP) is -2.43. The van der Waals surface area contributed by atoms with Gasteiger partial charge in [0.15, 0.2) is 16.8 Å².